The maximum absolute atomic E-state index is 10.0. The molecule has 0 radical (unpaired) electrons. The average Bonchev–Trinajstić information content (AvgIpc) is 2.25. The topological polar surface area (TPSA) is 40.5 Å². The summed E-state index contributed by atoms with van der Waals surface area (Å²) in [7, 11) is 0. The Kier molecular flexibility index (Phi) is 10.8. The van der Waals surface area contributed by atoms with Crippen molar-refractivity contribution in [1.29, 1.82) is 0 Å². The van der Waals surface area contributed by atoms with E-state index in [2.05, 4.69) is 6.92 Å². The Morgan fingerprint density at radius 3 is 1.78 bits per heavy atom. The lowest BCUT2D eigenvalue weighted by Gasteiger charge is -2.24. The van der Waals surface area contributed by atoms with E-state index in [0.29, 0.717) is 6.42 Å². The fourth-order valence-electron chi connectivity index (χ4n) is 2.55. The summed E-state index contributed by atoms with van der Waals surface area (Å²) in [5.74, 6) is 0. The molecule has 0 fully saturated rings. The molecular weight excluding hydrogens is 224 g/mol. The van der Waals surface area contributed by atoms with Crippen LogP contribution in [0.1, 0.15) is 91.4 Å². The van der Waals surface area contributed by atoms with Gasteiger partial charge >= 0.3 is 0 Å². The zero-order valence-corrected chi connectivity index (χ0v) is 12.7. The average molecular weight is 258 g/mol. The van der Waals surface area contributed by atoms with Crippen LogP contribution in [0.2, 0.25) is 0 Å². The largest absolute Gasteiger partial charge is 0.393 e. The lowest BCUT2D eigenvalue weighted by Crippen LogP contribution is -2.28. The molecule has 0 rings (SSSR count). The van der Waals surface area contributed by atoms with Crippen LogP contribution in [-0.2, 0) is 0 Å². The molecule has 2 unspecified atom stereocenters. The van der Waals surface area contributed by atoms with Gasteiger partial charge in [-0.2, -0.15) is 0 Å². The van der Waals surface area contributed by atoms with Gasteiger partial charge in [-0.3, -0.25) is 0 Å². The Morgan fingerprint density at radius 2 is 1.33 bits per heavy atom. The second-order valence-corrected chi connectivity index (χ2v) is 6.13. The molecule has 0 amide bonds. The van der Waals surface area contributed by atoms with Crippen molar-refractivity contribution in [3.63, 3.8) is 0 Å². The highest BCUT2D eigenvalue weighted by Crippen LogP contribution is 2.21. The molecule has 0 aliphatic heterocycles. The van der Waals surface area contributed by atoms with Gasteiger partial charge in [-0.05, 0) is 20.3 Å². The van der Waals surface area contributed by atoms with Crippen LogP contribution in [0.25, 0.3) is 0 Å². The highest BCUT2D eigenvalue weighted by atomic mass is 16.3. The van der Waals surface area contributed by atoms with Crippen molar-refractivity contribution in [3.8, 4) is 0 Å². The van der Waals surface area contributed by atoms with E-state index in [9.17, 15) is 10.2 Å². The highest BCUT2D eigenvalue weighted by Gasteiger charge is 2.21. The zero-order valence-electron chi connectivity index (χ0n) is 12.7. The lowest BCUT2D eigenvalue weighted by atomic mass is 9.92. The van der Waals surface area contributed by atoms with E-state index in [0.717, 1.165) is 12.8 Å². The van der Waals surface area contributed by atoms with Gasteiger partial charge in [0.2, 0.25) is 0 Å². The molecule has 2 atom stereocenters. The Morgan fingerprint density at radius 1 is 0.889 bits per heavy atom. The first-order valence-corrected chi connectivity index (χ1v) is 7.88. The number of hydrogen-bond donors (Lipinski definition) is 2. The molecule has 2 heteroatoms. The number of rotatable bonds is 12. The molecule has 0 aliphatic rings. The molecule has 0 saturated carbocycles. The molecular formula is C16H34O2. The summed E-state index contributed by atoms with van der Waals surface area (Å²) >= 11 is 0. The molecule has 0 heterocycles. The van der Waals surface area contributed by atoms with Crippen molar-refractivity contribution in [3.05, 3.63) is 0 Å². The van der Waals surface area contributed by atoms with E-state index >= 15 is 0 Å². The van der Waals surface area contributed by atoms with Gasteiger partial charge < -0.3 is 10.2 Å². The molecule has 0 bridgehead atoms. The van der Waals surface area contributed by atoms with Crippen LogP contribution in [-0.4, -0.2) is 21.9 Å². The minimum Gasteiger partial charge on any atom is -0.393 e. The van der Waals surface area contributed by atoms with Crippen molar-refractivity contribution >= 4 is 0 Å². The Hall–Kier alpha value is -0.0800. The molecule has 0 saturated heterocycles. The first-order valence-electron chi connectivity index (χ1n) is 7.88. The van der Waals surface area contributed by atoms with Gasteiger partial charge in [-0.1, -0.05) is 64.7 Å². The Balaban J connectivity index is 3.29. The number of hydrogen-bond acceptors (Lipinski definition) is 2. The minimum absolute atomic E-state index is 0.404. The van der Waals surface area contributed by atoms with E-state index in [1.165, 1.54) is 51.4 Å². The standard InChI is InChI=1S/C16H34O2/c1-4-5-6-7-8-9-10-11-12-13-16(3,18)14-15(2)17/h15,17-18H,4-14H2,1-3H3. The highest BCUT2D eigenvalue weighted by molar-refractivity contribution is 4.74. The summed E-state index contributed by atoms with van der Waals surface area (Å²) in [5.41, 5.74) is -0.685. The van der Waals surface area contributed by atoms with E-state index in [-0.39, 0.29) is 0 Å². The lowest BCUT2D eigenvalue weighted by molar-refractivity contribution is 0.000896. The van der Waals surface area contributed by atoms with E-state index in [4.69, 9.17) is 0 Å². The molecule has 0 aliphatic carbocycles. The van der Waals surface area contributed by atoms with Gasteiger partial charge in [0, 0.05) is 6.42 Å². The summed E-state index contributed by atoms with van der Waals surface area (Å²) in [6.07, 6.45) is 12.6. The second-order valence-electron chi connectivity index (χ2n) is 6.13. The SMILES string of the molecule is CCCCCCCCCCCC(C)(O)CC(C)O. The van der Waals surface area contributed by atoms with Gasteiger partial charge in [0.1, 0.15) is 0 Å². The third-order valence-electron chi connectivity index (χ3n) is 3.55. The smallest absolute Gasteiger partial charge is 0.0644 e. The van der Waals surface area contributed by atoms with E-state index in [1.54, 1.807) is 6.92 Å². The summed E-state index contributed by atoms with van der Waals surface area (Å²) in [6.45, 7) is 5.83. The summed E-state index contributed by atoms with van der Waals surface area (Å²) in [4.78, 5) is 0. The van der Waals surface area contributed by atoms with Crippen molar-refractivity contribution in [1.82, 2.24) is 0 Å². The number of unbranched alkanes of at least 4 members (excludes halogenated alkanes) is 8. The first kappa shape index (κ1) is 17.9. The molecule has 110 valence electrons. The molecule has 2 nitrogen and oxygen atoms in total. The molecule has 0 aromatic heterocycles. The first-order chi connectivity index (χ1) is 8.48. The third-order valence-corrected chi connectivity index (χ3v) is 3.55. The normalized spacial score (nSPS) is 16.5. The van der Waals surface area contributed by atoms with E-state index < -0.39 is 11.7 Å². The van der Waals surface area contributed by atoms with Crippen LogP contribution in [0.3, 0.4) is 0 Å². The number of aliphatic hydroxyl groups excluding tert-OH is 1. The zero-order chi connectivity index (χ0) is 13.9. The predicted molar refractivity (Wildman–Crippen MR) is 78.8 cm³/mol. The molecule has 18 heavy (non-hydrogen) atoms. The Labute approximate surface area is 114 Å². The third kappa shape index (κ3) is 12.4. The van der Waals surface area contributed by atoms with Gasteiger partial charge in [0.05, 0.1) is 11.7 Å². The molecule has 0 aromatic carbocycles. The fraction of sp³-hybridized carbons (Fsp3) is 1.00. The fourth-order valence-corrected chi connectivity index (χ4v) is 2.55. The van der Waals surface area contributed by atoms with Gasteiger partial charge in [0.25, 0.3) is 0 Å². The van der Waals surface area contributed by atoms with Gasteiger partial charge in [-0.25, -0.2) is 0 Å². The summed E-state index contributed by atoms with van der Waals surface area (Å²) in [6, 6.07) is 0. The molecule has 2 N–H and O–H groups in total. The maximum atomic E-state index is 10.0. The van der Waals surface area contributed by atoms with E-state index in [1.807, 2.05) is 6.92 Å². The van der Waals surface area contributed by atoms with Crippen LogP contribution in [0.5, 0.6) is 0 Å². The van der Waals surface area contributed by atoms with Crippen molar-refractivity contribution < 1.29 is 10.2 Å². The summed E-state index contributed by atoms with van der Waals surface area (Å²) < 4.78 is 0. The van der Waals surface area contributed by atoms with Crippen molar-refractivity contribution in [2.75, 3.05) is 0 Å². The van der Waals surface area contributed by atoms with Crippen LogP contribution < -0.4 is 0 Å². The monoisotopic (exact) mass is 258 g/mol. The molecule has 0 spiro atoms. The summed E-state index contributed by atoms with van der Waals surface area (Å²) in [5, 5.41) is 19.3. The Bertz CT molecular complexity index is 176. The number of aliphatic hydroxyl groups is 2. The van der Waals surface area contributed by atoms with Crippen LogP contribution in [0, 0.1) is 0 Å². The maximum Gasteiger partial charge on any atom is 0.0644 e. The minimum atomic E-state index is -0.685. The second kappa shape index (κ2) is 10.8. The van der Waals surface area contributed by atoms with Crippen molar-refractivity contribution in [2.45, 2.75) is 103 Å². The quantitative estimate of drug-likeness (QED) is 0.508. The predicted octanol–water partition coefficient (Wildman–Crippen LogP) is 4.43. The van der Waals surface area contributed by atoms with Gasteiger partial charge in [0.15, 0.2) is 0 Å². The van der Waals surface area contributed by atoms with Crippen LogP contribution >= 0.6 is 0 Å². The van der Waals surface area contributed by atoms with Gasteiger partial charge in [-0.15, -0.1) is 0 Å². The molecule has 0 aromatic rings. The van der Waals surface area contributed by atoms with Crippen molar-refractivity contribution in [2.24, 2.45) is 0 Å². The van der Waals surface area contributed by atoms with Crippen LogP contribution in [0.15, 0.2) is 0 Å². The van der Waals surface area contributed by atoms with Crippen LogP contribution in [0.4, 0.5) is 0 Å².